The molecule has 128 valence electrons. The van der Waals surface area contributed by atoms with Crippen molar-refractivity contribution in [2.45, 2.75) is 11.4 Å². The van der Waals surface area contributed by atoms with Crippen LogP contribution in [0.4, 0.5) is 14.9 Å². The number of carbonyl (C=O) groups excluding carboxylic acids is 1. The lowest BCUT2D eigenvalue weighted by Crippen LogP contribution is -2.30. The van der Waals surface area contributed by atoms with Gasteiger partial charge in [0.1, 0.15) is 5.82 Å². The lowest BCUT2D eigenvalue weighted by Gasteiger charge is -2.15. The Balaban J connectivity index is 2.10. The number of amides is 2. The van der Waals surface area contributed by atoms with Crippen molar-refractivity contribution < 1.29 is 17.6 Å². The number of urea groups is 1. The van der Waals surface area contributed by atoms with E-state index in [1.54, 1.807) is 24.3 Å². The lowest BCUT2D eigenvalue weighted by atomic mass is 10.2. The van der Waals surface area contributed by atoms with E-state index in [-0.39, 0.29) is 17.1 Å². The summed E-state index contributed by atoms with van der Waals surface area (Å²) in [6, 6.07) is 11.5. The lowest BCUT2D eigenvalue weighted by molar-refractivity contribution is 0.251. The molecule has 0 atom stereocenters. The molecule has 8 heteroatoms. The minimum atomic E-state index is -3.62. The highest BCUT2D eigenvalue weighted by Crippen LogP contribution is 2.18. The molecule has 0 aliphatic carbocycles. The number of para-hydroxylation sites is 1. The Morgan fingerprint density at radius 3 is 2.38 bits per heavy atom. The summed E-state index contributed by atoms with van der Waals surface area (Å²) in [6.07, 6.45) is 0. The number of anilines is 1. The van der Waals surface area contributed by atoms with Crippen molar-refractivity contribution in [1.82, 2.24) is 9.62 Å². The van der Waals surface area contributed by atoms with Crippen molar-refractivity contribution in [3.05, 3.63) is 59.9 Å². The zero-order valence-electron chi connectivity index (χ0n) is 13.3. The number of carbonyl (C=O) groups is 1. The minimum Gasteiger partial charge on any atom is -0.334 e. The Bertz CT molecular complexity index is 838. The van der Waals surface area contributed by atoms with Crippen LogP contribution in [0.2, 0.25) is 0 Å². The molecule has 0 fully saturated rings. The van der Waals surface area contributed by atoms with Gasteiger partial charge in [-0.25, -0.2) is 21.9 Å². The van der Waals surface area contributed by atoms with Crippen LogP contribution in [0.5, 0.6) is 0 Å². The van der Waals surface area contributed by atoms with Crippen LogP contribution in [-0.4, -0.2) is 32.8 Å². The van der Waals surface area contributed by atoms with Gasteiger partial charge in [-0.1, -0.05) is 30.3 Å². The van der Waals surface area contributed by atoms with Gasteiger partial charge >= 0.3 is 6.03 Å². The number of hydrogen-bond donors (Lipinski definition) is 2. The smallest absolute Gasteiger partial charge is 0.319 e. The molecular weight excluding hydrogens is 333 g/mol. The number of nitrogens with zero attached hydrogens (tertiary/aromatic N) is 1. The van der Waals surface area contributed by atoms with Crippen molar-refractivity contribution >= 4 is 21.7 Å². The summed E-state index contributed by atoms with van der Waals surface area (Å²) >= 11 is 0. The molecule has 2 amide bonds. The summed E-state index contributed by atoms with van der Waals surface area (Å²) in [6.45, 7) is -0.0104. The van der Waals surface area contributed by atoms with Crippen molar-refractivity contribution in [3.8, 4) is 0 Å². The second kappa shape index (κ2) is 7.41. The number of benzene rings is 2. The number of rotatable bonds is 5. The SMILES string of the molecule is CN(C)S(=O)(=O)c1ccccc1CNC(=O)Nc1ccccc1F. The van der Waals surface area contributed by atoms with Gasteiger partial charge in [-0.05, 0) is 23.8 Å². The molecule has 2 aromatic rings. The van der Waals surface area contributed by atoms with Gasteiger partial charge < -0.3 is 10.6 Å². The normalized spacial score (nSPS) is 11.3. The molecular formula is C16H18FN3O3S. The van der Waals surface area contributed by atoms with Gasteiger partial charge in [-0.3, -0.25) is 0 Å². The summed E-state index contributed by atoms with van der Waals surface area (Å²) in [4.78, 5) is 12.0. The van der Waals surface area contributed by atoms with Gasteiger partial charge in [0, 0.05) is 20.6 Å². The van der Waals surface area contributed by atoms with Crippen LogP contribution in [0.1, 0.15) is 5.56 Å². The van der Waals surface area contributed by atoms with Gasteiger partial charge in [0.25, 0.3) is 0 Å². The highest BCUT2D eigenvalue weighted by molar-refractivity contribution is 7.89. The number of nitrogens with one attached hydrogen (secondary N) is 2. The van der Waals surface area contributed by atoms with E-state index >= 15 is 0 Å². The maximum absolute atomic E-state index is 13.5. The van der Waals surface area contributed by atoms with Crippen LogP contribution < -0.4 is 10.6 Å². The molecule has 0 saturated carbocycles. The first-order valence-corrected chi connectivity index (χ1v) is 8.56. The third-order valence-corrected chi connectivity index (χ3v) is 5.21. The Kier molecular flexibility index (Phi) is 5.53. The van der Waals surface area contributed by atoms with E-state index < -0.39 is 21.9 Å². The maximum atomic E-state index is 13.5. The quantitative estimate of drug-likeness (QED) is 0.868. The zero-order valence-corrected chi connectivity index (χ0v) is 14.1. The summed E-state index contributed by atoms with van der Waals surface area (Å²) in [5.41, 5.74) is 0.485. The Hall–Kier alpha value is -2.45. The molecule has 6 nitrogen and oxygen atoms in total. The van der Waals surface area contributed by atoms with Gasteiger partial charge in [-0.2, -0.15) is 0 Å². The summed E-state index contributed by atoms with van der Waals surface area (Å²) in [5.74, 6) is -0.553. The van der Waals surface area contributed by atoms with E-state index in [0.29, 0.717) is 5.56 Å². The third kappa shape index (κ3) is 4.09. The highest BCUT2D eigenvalue weighted by atomic mass is 32.2. The molecule has 0 saturated heterocycles. The van der Waals surface area contributed by atoms with Crippen molar-refractivity contribution in [1.29, 1.82) is 0 Å². The first-order valence-electron chi connectivity index (χ1n) is 7.12. The largest absolute Gasteiger partial charge is 0.334 e. The molecule has 0 aliphatic heterocycles. The molecule has 24 heavy (non-hydrogen) atoms. The topological polar surface area (TPSA) is 78.5 Å². The Labute approximate surface area is 140 Å². The van der Waals surface area contributed by atoms with Crippen LogP contribution in [0.3, 0.4) is 0 Å². The van der Waals surface area contributed by atoms with Crippen LogP contribution in [0, 0.1) is 5.82 Å². The molecule has 0 radical (unpaired) electrons. The molecule has 2 aromatic carbocycles. The number of halogens is 1. The van der Waals surface area contributed by atoms with Crippen molar-refractivity contribution in [2.75, 3.05) is 19.4 Å². The first kappa shape index (κ1) is 17.9. The van der Waals surface area contributed by atoms with Crippen LogP contribution >= 0.6 is 0 Å². The van der Waals surface area contributed by atoms with Gasteiger partial charge in [0.05, 0.1) is 10.6 Å². The fourth-order valence-electron chi connectivity index (χ4n) is 2.00. The molecule has 0 spiro atoms. The monoisotopic (exact) mass is 351 g/mol. The Morgan fingerprint density at radius 2 is 1.71 bits per heavy atom. The second-order valence-corrected chi connectivity index (χ2v) is 7.30. The van der Waals surface area contributed by atoms with E-state index in [0.717, 1.165) is 4.31 Å². The maximum Gasteiger partial charge on any atom is 0.319 e. The predicted octanol–water partition coefficient (Wildman–Crippen LogP) is 2.40. The molecule has 0 aromatic heterocycles. The van der Waals surface area contributed by atoms with E-state index in [2.05, 4.69) is 10.6 Å². The number of hydrogen-bond acceptors (Lipinski definition) is 3. The van der Waals surface area contributed by atoms with E-state index in [4.69, 9.17) is 0 Å². The van der Waals surface area contributed by atoms with Crippen LogP contribution in [0.25, 0.3) is 0 Å². The van der Waals surface area contributed by atoms with Gasteiger partial charge in [0.15, 0.2) is 0 Å². The van der Waals surface area contributed by atoms with Crippen molar-refractivity contribution in [2.24, 2.45) is 0 Å². The average molecular weight is 351 g/mol. The molecule has 0 heterocycles. The molecule has 2 rings (SSSR count). The fraction of sp³-hybridized carbons (Fsp3) is 0.188. The van der Waals surface area contributed by atoms with E-state index in [1.807, 2.05) is 0 Å². The fourth-order valence-corrected chi connectivity index (χ4v) is 3.12. The van der Waals surface area contributed by atoms with Crippen LogP contribution in [-0.2, 0) is 16.6 Å². The number of sulfonamides is 1. The highest BCUT2D eigenvalue weighted by Gasteiger charge is 2.20. The second-order valence-electron chi connectivity index (χ2n) is 5.18. The zero-order chi connectivity index (χ0) is 17.7. The predicted molar refractivity (Wildman–Crippen MR) is 89.6 cm³/mol. The molecule has 0 bridgehead atoms. The van der Waals surface area contributed by atoms with Gasteiger partial charge in [0.2, 0.25) is 10.0 Å². The Morgan fingerprint density at radius 1 is 1.08 bits per heavy atom. The standard InChI is InChI=1S/C16H18FN3O3S/c1-20(2)24(22,23)15-10-6-3-7-12(15)11-18-16(21)19-14-9-5-4-8-13(14)17/h3-10H,11H2,1-2H3,(H2,18,19,21). The average Bonchev–Trinajstić information content (AvgIpc) is 2.55. The van der Waals surface area contributed by atoms with Gasteiger partial charge in [-0.15, -0.1) is 0 Å². The van der Waals surface area contributed by atoms with Crippen LogP contribution in [0.15, 0.2) is 53.4 Å². The first-order chi connectivity index (χ1) is 11.3. The summed E-state index contributed by atoms with van der Waals surface area (Å²) in [7, 11) is -0.750. The molecule has 0 unspecified atom stereocenters. The summed E-state index contributed by atoms with van der Waals surface area (Å²) < 4.78 is 39.2. The van der Waals surface area contributed by atoms with E-state index in [1.165, 1.54) is 38.4 Å². The van der Waals surface area contributed by atoms with Crippen molar-refractivity contribution in [3.63, 3.8) is 0 Å². The summed E-state index contributed by atoms with van der Waals surface area (Å²) in [5, 5.41) is 4.90. The third-order valence-electron chi connectivity index (χ3n) is 3.29. The minimum absolute atomic E-state index is 0.0104. The van der Waals surface area contributed by atoms with E-state index in [9.17, 15) is 17.6 Å². The molecule has 0 aliphatic rings. The molecule has 2 N–H and O–H groups in total.